The van der Waals surface area contributed by atoms with Crippen LogP contribution < -0.4 is 5.48 Å². The third-order valence-corrected chi connectivity index (χ3v) is 4.59. The van der Waals surface area contributed by atoms with Crippen LogP contribution in [0, 0.1) is 6.92 Å². The summed E-state index contributed by atoms with van der Waals surface area (Å²) in [6, 6.07) is 3.94. The molecule has 0 radical (unpaired) electrons. The van der Waals surface area contributed by atoms with Crippen molar-refractivity contribution in [2.75, 3.05) is 0 Å². The van der Waals surface area contributed by atoms with Crippen LogP contribution in [0.3, 0.4) is 0 Å². The van der Waals surface area contributed by atoms with Gasteiger partial charge < -0.3 is 5.11 Å². The highest BCUT2D eigenvalue weighted by atomic mass is 16.7. The Hall–Kier alpha value is -1.06. The topological polar surface area (TPSA) is 41.5 Å². The SMILES string of the molecule is Cc1ccc(O)c2c1C(C)CC2NOC1CCCC1. The molecule has 0 spiro atoms. The van der Waals surface area contributed by atoms with Gasteiger partial charge in [0.1, 0.15) is 5.75 Å². The lowest BCUT2D eigenvalue weighted by Gasteiger charge is -2.18. The number of nitrogens with one attached hydrogen (secondary N) is 1. The fraction of sp³-hybridized carbons (Fsp3) is 0.625. The number of hydrogen-bond donors (Lipinski definition) is 2. The van der Waals surface area contributed by atoms with E-state index in [1.165, 1.54) is 24.0 Å². The van der Waals surface area contributed by atoms with Crippen LogP contribution in [-0.4, -0.2) is 11.2 Å². The molecule has 0 amide bonds. The van der Waals surface area contributed by atoms with Crippen LogP contribution in [0.4, 0.5) is 0 Å². The van der Waals surface area contributed by atoms with Crippen molar-refractivity contribution in [1.29, 1.82) is 0 Å². The summed E-state index contributed by atoms with van der Waals surface area (Å²) in [7, 11) is 0. The molecule has 0 heterocycles. The summed E-state index contributed by atoms with van der Waals surface area (Å²) >= 11 is 0. The molecule has 1 aromatic rings. The van der Waals surface area contributed by atoms with E-state index in [1.807, 2.05) is 6.07 Å². The summed E-state index contributed by atoms with van der Waals surface area (Å²) in [5.74, 6) is 0.879. The van der Waals surface area contributed by atoms with Crippen molar-refractivity contribution < 1.29 is 9.94 Å². The normalized spacial score (nSPS) is 26.8. The summed E-state index contributed by atoms with van der Waals surface area (Å²) in [4.78, 5) is 5.83. The van der Waals surface area contributed by atoms with Crippen LogP contribution in [0.1, 0.15) is 67.7 Å². The van der Waals surface area contributed by atoms with Crippen LogP contribution >= 0.6 is 0 Å². The maximum atomic E-state index is 10.1. The summed E-state index contributed by atoms with van der Waals surface area (Å²) in [6.07, 6.45) is 6.21. The van der Waals surface area contributed by atoms with E-state index in [-0.39, 0.29) is 6.04 Å². The fourth-order valence-electron chi connectivity index (χ4n) is 3.64. The molecule has 3 heteroatoms. The molecule has 3 rings (SSSR count). The second-order valence-corrected chi connectivity index (χ2v) is 6.06. The first kappa shape index (κ1) is 12.9. The number of phenolic OH excluding ortho intramolecular Hbond substituents is 1. The van der Waals surface area contributed by atoms with Gasteiger partial charge in [0.05, 0.1) is 12.1 Å². The Balaban J connectivity index is 1.77. The van der Waals surface area contributed by atoms with E-state index in [0.29, 0.717) is 17.8 Å². The number of benzene rings is 1. The average molecular weight is 261 g/mol. The van der Waals surface area contributed by atoms with Gasteiger partial charge in [-0.1, -0.05) is 25.8 Å². The van der Waals surface area contributed by atoms with Gasteiger partial charge >= 0.3 is 0 Å². The highest BCUT2D eigenvalue weighted by molar-refractivity contribution is 5.50. The largest absolute Gasteiger partial charge is 0.508 e. The minimum absolute atomic E-state index is 0.130. The number of rotatable bonds is 3. The number of hydroxylamine groups is 1. The van der Waals surface area contributed by atoms with E-state index in [2.05, 4.69) is 19.3 Å². The smallest absolute Gasteiger partial charge is 0.120 e. The number of aryl methyl sites for hydroxylation is 1. The third kappa shape index (κ3) is 2.37. The van der Waals surface area contributed by atoms with Crippen molar-refractivity contribution in [3.63, 3.8) is 0 Å². The van der Waals surface area contributed by atoms with Crippen molar-refractivity contribution in [2.45, 2.75) is 64.0 Å². The average Bonchev–Trinajstić information content (AvgIpc) is 2.99. The van der Waals surface area contributed by atoms with Gasteiger partial charge in [-0.05, 0) is 49.3 Å². The van der Waals surface area contributed by atoms with Crippen molar-refractivity contribution in [3.8, 4) is 5.75 Å². The van der Waals surface area contributed by atoms with Crippen molar-refractivity contribution >= 4 is 0 Å². The van der Waals surface area contributed by atoms with E-state index >= 15 is 0 Å². The van der Waals surface area contributed by atoms with Crippen LogP contribution in [0.15, 0.2) is 12.1 Å². The van der Waals surface area contributed by atoms with Crippen molar-refractivity contribution in [1.82, 2.24) is 5.48 Å². The minimum Gasteiger partial charge on any atom is -0.508 e. The molecule has 0 aliphatic heterocycles. The molecule has 0 saturated heterocycles. The van der Waals surface area contributed by atoms with Crippen LogP contribution in [0.25, 0.3) is 0 Å². The molecule has 1 saturated carbocycles. The van der Waals surface area contributed by atoms with E-state index in [1.54, 1.807) is 6.07 Å². The molecule has 1 aromatic carbocycles. The second-order valence-electron chi connectivity index (χ2n) is 6.06. The van der Waals surface area contributed by atoms with Crippen LogP contribution in [0.2, 0.25) is 0 Å². The van der Waals surface area contributed by atoms with Gasteiger partial charge in [-0.15, -0.1) is 0 Å². The zero-order valence-corrected chi connectivity index (χ0v) is 11.8. The van der Waals surface area contributed by atoms with Gasteiger partial charge in [0.25, 0.3) is 0 Å². The Bertz CT molecular complexity index is 466. The lowest BCUT2D eigenvalue weighted by Crippen LogP contribution is -2.25. The lowest BCUT2D eigenvalue weighted by molar-refractivity contribution is -0.0413. The lowest BCUT2D eigenvalue weighted by atomic mass is 9.97. The number of phenols is 1. The predicted octanol–water partition coefficient (Wildman–Crippen LogP) is 3.71. The quantitative estimate of drug-likeness (QED) is 0.815. The first-order valence-electron chi connectivity index (χ1n) is 7.40. The Morgan fingerprint density at radius 1 is 1.21 bits per heavy atom. The molecule has 2 atom stereocenters. The standard InChI is InChI=1S/C16H23NO2/c1-10-7-8-14(18)16-13(9-11(2)15(10)16)17-19-12-5-3-4-6-12/h7-8,11-13,17-18H,3-6,9H2,1-2H3. The van der Waals surface area contributed by atoms with Gasteiger partial charge in [0.15, 0.2) is 0 Å². The second kappa shape index (κ2) is 5.14. The Morgan fingerprint density at radius 2 is 1.95 bits per heavy atom. The summed E-state index contributed by atoms with van der Waals surface area (Å²) in [5.41, 5.74) is 6.83. The zero-order valence-electron chi connectivity index (χ0n) is 11.8. The van der Waals surface area contributed by atoms with Gasteiger partial charge in [-0.3, -0.25) is 4.84 Å². The fourth-order valence-corrected chi connectivity index (χ4v) is 3.64. The van der Waals surface area contributed by atoms with Crippen molar-refractivity contribution in [3.05, 3.63) is 28.8 Å². The Kier molecular flexibility index (Phi) is 3.50. The van der Waals surface area contributed by atoms with E-state index in [4.69, 9.17) is 4.84 Å². The molecular formula is C16H23NO2. The molecule has 2 N–H and O–H groups in total. The van der Waals surface area contributed by atoms with Crippen molar-refractivity contribution in [2.24, 2.45) is 0 Å². The molecule has 2 aliphatic rings. The van der Waals surface area contributed by atoms with E-state index < -0.39 is 0 Å². The minimum atomic E-state index is 0.130. The zero-order chi connectivity index (χ0) is 13.4. The van der Waals surface area contributed by atoms with E-state index in [9.17, 15) is 5.11 Å². The maximum absolute atomic E-state index is 10.1. The molecule has 2 unspecified atom stereocenters. The van der Waals surface area contributed by atoms with E-state index in [0.717, 1.165) is 24.8 Å². The van der Waals surface area contributed by atoms with Gasteiger partial charge in [-0.2, -0.15) is 5.48 Å². The number of hydrogen-bond acceptors (Lipinski definition) is 3. The highest BCUT2D eigenvalue weighted by Crippen LogP contribution is 2.46. The molecule has 1 fully saturated rings. The maximum Gasteiger partial charge on any atom is 0.120 e. The number of fused-ring (bicyclic) bond motifs is 1. The molecule has 0 aromatic heterocycles. The summed E-state index contributed by atoms with van der Waals surface area (Å²) in [5, 5.41) is 10.1. The summed E-state index contributed by atoms with van der Waals surface area (Å²) < 4.78 is 0. The predicted molar refractivity (Wildman–Crippen MR) is 75.1 cm³/mol. The third-order valence-electron chi connectivity index (χ3n) is 4.59. The van der Waals surface area contributed by atoms with Crippen LogP contribution in [0.5, 0.6) is 5.75 Å². The molecule has 104 valence electrons. The van der Waals surface area contributed by atoms with Crippen LogP contribution in [-0.2, 0) is 4.84 Å². The molecular weight excluding hydrogens is 238 g/mol. The first-order chi connectivity index (χ1) is 9.16. The monoisotopic (exact) mass is 261 g/mol. The van der Waals surface area contributed by atoms with Gasteiger partial charge in [-0.25, -0.2) is 0 Å². The molecule has 19 heavy (non-hydrogen) atoms. The molecule has 3 nitrogen and oxygen atoms in total. The first-order valence-corrected chi connectivity index (χ1v) is 7.40. The Morgan fingerprint density at radius 3 is 2.68 bits per heavy atom. The van der Waals surface area contributed by atoms with Gasteiger partial charge in [0, 0.05) is 5.56 Å². The molecule has 0 bridgehead atoms. The number of aromatic hydroxyl groups is 1. The summed E-state index contributed by atoms with van der Waals surface area (Å²) in [6.45, 7) is 4.34. The molecule has 2 aliphatic carbocycles. The Labute approximate surface area is 114 Å². The van der Waals surface area contributed by atoms with Gasteiger partial charge in [0.2, 0.25) is 0 Å². The highest BCUT2D eigenvalue weighted by Gasteiger charge is 2.33.